The van der Waals surface area contributed by atoms with Gasteiger partial charge in [0.05, 0.1) is 24.2 Å². The summed E-state index contributed by atoms with van der Waals surface area (Å²) in [5, 5.41) is 9.18. The zero-order chi connectivity index (χ0) is 11.3. The molecule has 4 N–H and O–H groups in total. The van der Waals surface area contributed by atoms with Crippen molar-refractivity contribution in [1.82, 2.24) is 14.9 Å². The monoisotopic (exact) mass is 211 g/mol. The van der Waals surface area contributed by atoms with E-state index in [1.54, 1.807) is 19.3 Å². The van der Waals surface area contributed by atoms with E-state index in [0.29, 0.717) is 18.9 Å². The number of nitrogens with zero attached hydrogens (tertiary/aromatic N) is 3. The van der Waals surface area contributed by atoms with Crippen molar-refractivity contribution in [3.8, 4) is 0 Å². The molecule has 0 saturated carbocycles. The van der Waals surface area contributed by atoms with Crippen LogP contribution in [0.25, 0.3) is 0 Å². The molecule has 0 fully saturated rings. The van der Waals surface area contributed by atoms with Crippen molar-refractivity contribution < 1.29 is 5.11 Å². The minimum atomic E-state index is -0.340. The van der Waals surface area contributed by atoms with Gasteiger partial charge in [0.2, 0.25) is 0 Å². The molecule has 0 aromatic carbocycles. The van der Waals surface area contributed by atoms with Crippen LogP contribution in [0.1, 0.15) is 12.6 Å². The minimum absolute atomic E-state index is 0.340. The van der Waals surface area contributed by atoms with Crippen molar-refractivity contribution in [1.29, 1.82) is 0 Å². The zero-order valence-electron chi connectivity index (χ0n) is 9.01. The number of anilines is 1. The second-order valence-electron chi connectivity index (χ2n) is 3.58. The second kappa shape index (κ2) is 5.59. The van der Waals surface area contributed by atoms with Gasteiger partial charge in [-0.3, -0.25) is 9.88 Å². The summed E-state index contributed by atoms with van der Waals surface area (Å²) in [4.78, 5) is 10.2. The maximum atomic E-state index is 9.18. The molecule has 6 nitrogen and oxygen atoms in total. The van der Waals surface area contributed by atoms with E-state index in [1.807, 2.05) is 11.9 Å². The predicted molar refractivity (Wildman–Crippen MR) is 57.9 cm³/mol. The van der Waals surface area contributed by atoms with Crippen LogP contribution in [-0.4, -0.2) is 39.7 Å². The molecule has 0 bridgehead atoms. The van der Waals surface area contributed by atoms with Crippen molar-refractivity contribution in [2.24, 2.45) is 5.84 Å². The van der Waals surface area contributed by atoms with Gasteiger partial charge in [0.1, 0.15) is 0 Å². The average Bonchev–Trinajstić information content (AvgIpc) is 2.17. The fourth-order valence-corrected chi connectivity index (χ4v) is 1.30. The lowest BCUT2D eigenvalue weighted by molar-refractivity contribution is 0.137. The molecule has 0 aliphatic carbocycles. The molecule has 1 aromatic rings. The highest BCUT2D eigenvalue weighted by molar-refractivity contribution is 5.28. The number of aliphatic hydroxyl groups is 1. The summed E-state index contributed by atoms with van der Waals surface area (Å²) in [5.41, 5.74) is 3.26. The molecular formula is C9H17N5O. The van der Waals surface area contributed by atoms with Gasteiger partial charge < -0.3 is 10.5 Å². The van der Waals surface area contributed by atoms with Crippen LogP contribution in [0.3, 0.4) is 0 Å². The van der Waals surface area contributed by atoms with E-state index < -0.39 is 0 Å². The van der Waals surface area contributed by atoms with Gasteiger partial charge in [-0.25, -0.2) is 10.8 Å². The first-order valence-corrected chi connectivity index (χ1v) is 4.76. The van der Waals surface area contributed by atoms with Gasteiger partial charge in [-0.15, -0.1) is 0 Å². The van der Waals surface area contributed by atoms with E-state index in [2.05, 4.69) is 15.4 Å². The maximum absolute atomic E-state index is 9.18. The quantitative estimate of drug-likeness (QED) is 0.453. The SMILES string of the molecule is CC(O)CN(C)Cc1cnc(NN)cn1. The molecule has 1 atom stereocenters. The largest absolute Gasteiger partial charge is 0.392 e. The third kappa shape index (κ3) is 4.20. The molecule has 1 unspecified atom stereocenters. The highest BCUT2D eigenvalue weighted by Crippen LogP contribution is 2.02. The summed E-state index contributed by atoms with van der Waals surface area (Å²) in [6.45, 7) is 3.02. The summed E-state index contributed by atoms with van der Waals surface area (Å²) in [7, 11) is 1.92. The number of nitrogens with two attached hydrogens (primary N) is 1. The fraction of sp³-hybridized carbons (Fsp3) is 0.556. The lowest BCUT2D eigenvalue weighted by atomic mass is 10.3. The van der Waals surface area contributed by atoms with E-state index in [4.69, 9.17) is 5.84 Å². The van der Waals surface area contributed by atoms with Crippen LogP contribution in [0.15, 0.2) is 12.4 Å². The summed E-state index contributed by atoms with van der Waals surface area (Å²) in [6, 6.07) is 0. The number of aliphatic hydroxyl groups excluding tert-OH is 1. The highest BCUT2D eigenvalue weighted by atomic mass is 16.3. The first kappa shape index (κ1) is 11.8. The standard InChI is InChI=1S/C9H17N5O/c1-7(15)5-14(2)6-8-3-12-9(13-10)4-11-8/h3-4,7,15H,5-6,10H2,1-2H3,(H,12,13). The van der Waals surface area contributed by atoms with Crippen molar-refractivity contribution >= 4 is 5.82 Å². The van der Waals surface area contributed by atoms with Crippen molar-refractivity contribution in [3.63, 3.8) is 0 Å². The molecule has 1 aromatic heterocycles. The summed E-state index contributed by atoms with van der Waals surface area (Å²) < 4.78 is 0. The molecule has 0 saturated heterocycles. The Morgan fingerprint density at radius 3 is 2.73 bits per heavy atom. The number of hydrogen-bond acceptors (Lipinski definition) is 6. The average molecular weight is 211 g/mol. The number of aromatic nitrogens is 2. The number of hydrazine groups is 1. The summed E-state index contributed by atoms with van der Waals surface area (Å²) >= 11 is 0. The van der Waals surface area contributed by atoms with Crippen LogP contribution >= 0.6 is 0 Å². The molecule has 6 heteroatoms. The topological polar surface area (TPSA) is 87.3 Å². The van der Waals surface area contributed by atoms with E-state index >= 15 is 0 Å². The van der Waals surface area contributed by atoms with Crippen molar-refractivity contribution in [2.45, 2.75) is 19.6 Å². The van der Waals surface area contributed by atoms with Crippen LogP contribution < -0.4 is 11.3 Å². The molecule has 0 radical (unpaired) electrons. The summed E-state index contributed by atoms with van der Waals surface area (Å²) in [6.07, 6.45) is 2.90. The lowest BCUT2D eigenvalue weighted by Crippen LogP contribution is -2.27. The Kier molecular flexibility index (Phi) is 4.41. The van der Waals surface area contributed by atoms with Gasteiger partial charge in [-0.1, -0.05) is 0 Å². The van der Waals surface area contributed by atoms with E-state index in [0.717, 1.165) is 5.69 Å². The van der Waals surface area contributed by atoms with Crippen molar-refractivity contribution in [3.05, 3.63) is 18.1 Å². The first-order valence-electron chi connectivity index (χ1n) is 4.76. The molecule has 0 spiro atoms. The third-order valence-corrected chi connectivity index (χ3v) is 1.86. The molecule has 84 valence electrons. The van der Waals surface area contributed by atoms with Crippen LogP contribution in [0, 0.1) is 0 Å². The van der Waals surface area contributed by atoms with Gasteiger partial charge in [0.25, 0.3) is 0 Å². The highest BCUT2D eigenvalue weighted by Gasteiger charge is 2.04. The molecule has 0 aliphatic rings. The Morgan fingerprint density at radius 2 is 2.27 bits per heavy atom. The molecule has 0 aliphatic heterocycles. The van der Waals surface area contributed by atoms with Crippen LogP contribution in [-0.2, 0) is 6.54 Å². The zero-order valence-corrected chi connectivity index (χ0v) is 9.01. The van der Waals surface area contributed by atoms with E-state index in [9.17, 15) is 5.11 Å². The molecular weight excluding hydrogens is 194 g/mol. The van der Waals surface area contributed by atoms with Gasteiger partial charge in [-0.05, 0) is 14.0 Å². The Labute approximate surface area is 89.1 Å². The first-order chi connectivity index (χ1) is 7.11. The van der Waals surface area contributed by atoms with E-state index in [-0.39, 0.29) is 6.10 Å². The van der Waals surface area contributed by atoms with Gasteiger partial charge in [-0.2, -0.15) is 0 Å². The Balaban J connectivity index is 2.49. The summed E-state index contributed by atoms with van der Waals surface area (Å²) in [5.74, 6) is 5.71. The van der Waals surface area contributed by atoms with Crippen LogP contribution in [0.4, 0.5) is 5.82 Å². The smallest absolute Gasteiger partial charge is 0.158 e. The lowest BCUT2D eigenvalue weighted by Gasteiger charge is -2.17. The fourth-order valence-electron chi connectivity index (χ4n) is 1.30. The second-order valence-corrected chi connectivity index (χ2v) is 3.58. The van der Waals surface area contributed by atoms with E-state index in [1.165, 1.54) is 0 Å². The van der Waals surface area contributed by atoms with Gasteiger partial charge in [0, 0.05) is 13.1 Å². The predicted octanol–water partition coefficient (Wildman–Crippen LogP) is -0.425. The van der Waals surface area contributed by atoms with Gasteiger partial charge >= 0.3 is 0 Å². The van der Waals surface area contributed by atoms with Crippen molar-refractivity contribution in [2.75, 3.05) is 19.0 Å². The number of rotatable bonds is 5. The van der Waals surface area contributed by atoms with Gasteiger partial charge in [0.15, 0.2) is 5.82 Å². The normalized spacial score (nSPS) is 12.9. The minimum Gasteiger partial charge on any atom is -0.392 e. The Morgan fingerprint density at radius 1 is 1.53 bits per heavy atom. The van der Waals surface area contributed by atoms with Crippen LogP contribution in [0.5, 0.6) is 0 Å². The molecule has 1 heterocycles. The van der Waals surface area contributed by atoms with Crippen LogP contribution in [0.2, 0.25) is 0 Å². The number of likely N-dealkylation sites (N-methyl/N-ethyl adjacent to an activating group) is 1. The number of hydrogen-bond donors (Lipinski definition) is 3. The number of nitrogens with one attached hydrogen (secondary N) is 1. The maximum Gasteiger partial charge on any atom is 0.158 e. The molecule has 1 rings (SSSR count). The molecule has 0 amide bonds. The number of nitrogen functional groups attached to an aromatic ring is 1. The molecule has 15 heavy (non-hydrogen) atoms. The third-order valence-electron chi connectivity index (χ3n) is 1.86. The Hall–Kier alpha value is -1.24. The Bertz CT molecular complexity index is 287.